The van der Waals surface area contributed by atoms with Crippen LogP contribution in [0.25, 0.3) is 35.4 Å². The molecule has 1 aliphatic rings. The highest BCUT2D eigenvalue weighted by Gasteiger charge is 2.19. The van der Waals surface area contributed by atoms with Gasteiger partial charge in [0.15, 0.2) is 0 Å². The Balaban J connectivity index is 0.877. The van der Waals surface area contributed by atoms with Gasteiger partial charge in [0.05, 0.1) is 0 Å². The molecule has 8 aromatic carbocycles. The summed E-state index contributed by atoms with van der Waals surface area (Å²) in [7, 11) is 0. The first-order chi connectivity index (χ1) is 27.2. The minimum atomic E-state index is 0.945. The number of hydrogen-bond acceptors (Lipinski definition) is 2. The molecular formula is C53H40N2. The van der Waals surface area contributed by atoms with Crippen molar-refractivity contribution in [3.8, 4) is 11.1 Å². The first kappa shape index (κ1) is 33.7. The number of anilines is 6. The Hall–Kier alpha value is -7.16. The third-order valence-corrected chi connectivity index (χ3v) is 10.2. The maximum Gasteiger partial charge on any atom is 0.0462 e. The van der Waals surface area contributed by atoms with E-state index in [1.54, 1.807) is 0 Å². The first-order valence-electron chi connectivity index (χ1n) is 18.9. The SMILES string of the molecule is C(=C\c1ccc2c(c1)Cc1cc(/C=C/c3ccc(N(c4ccccc4)c4ccccc4)cc3)ccc1-2)/c1ccc(N(c2ccccc2)c2ccccc2)cc1. The van der Waals surface area contributed by atoms with Gasteiger partial charge in [0.25, 0.3) is 0 Å². The minimum absolute atomic E-state index is 0.945. The number of fused-ring (bicyclic) bond motifs is 3. The highest BCUT2D eigenvalue weighted by molar-refractivity contribution is 5.83. The van der Waals surface area contributed by atoms with E-state index in [0.717, 1.165) is 40.5 Å². The molecule has 2 heteroatoms. The van der Waals surface area contributed by atoms with E-state index in [4.69, 9.17) is 0 Å². The summed E-state index contributed by atoms with van der Waals surface area (Å²) < 4.78 is 0. The summed E-state index contributed by atoms with van der Waals surface area (Å²) in [6, 6.07) is 73.4. The van der Waals surface area contributed by atoms with E-state index < -0.39 is 0 Å². The highest BCUT2D eigenvalue weighted by atomic mass is 15.1. The maximum atomic E-state index is 2.35. The van der Waals surface area contributed by atoms with E-state index in [9.17, 15) is 0 Å². The molecule has 0 saturated carbocycles. The van der Waals surface area contributed by atoms with Crippen molar-refractivity contribution in [3.05, 3.63) is 240 Å². The smallest absolute Gasteiger partial charge is 0.0462 e. The van der Waals surface area contributed by atoms with E-state index in [1.807, 2.05) is 0 Å². The van der Waals surface area contributed by atoms with Gasteiger partial charge in [0.1, 0.15) is 0 Å². The van der Waals surface area contributed by atoms with Crippen LogP contribution in [-0.2, 0) is 6.42 Å². The second-order valence-corrected chi connectivity index (χ2v) is 13.9. The van der Waals surface area contributed by atoms with Crippen LogP contribution in [0.5, 0.6) is 0 Å². The standard InChI is InChI=1S/C53H40N2/c1-5-13-46(14-6-1)54(47-15-7-2-8-16-47)50-31-25-40(26-32-50)21-23-42-29-35-52-44(37-42)39-45-38-43(30-36-53(45)52)24-22-41-27-33-51(34-28-41)55(48-17-9-3-10-18-48)49-19-11-4-12-20-49/h1-38H,39H2/b23-21+,24-22+. The maximum absolute atomic E-state index is 2.35. The lowest BCUT2D eigenvalue weighted by Crippen LogP contribution is -2.09. The fourth-order valence-corrected chi connectivity index (χ4v) is 7.51. The molecule has 0 saturated heterocycles. The normalized spacial score (nSPS) is 11.8. The number of para-hydroxylation sites is 4. The third-order valence-electron chi connectivity index (χ3n) is 10.2. The molecule has 0 N–H and O–H groups in total. The minimum Gasteiger partial charge on any atom is -0.311 e. The van der Waals surface area contributed by atoms with Gasteiger partial charge in [-0.2, -0.15) is 0 Å². The fourth-order valence-electron chi connectivity index (χ4n) is 7.51. The zero-order valence-corrected chi connectivity index (χ0v) is 30.5. The van der Waals surface area contributed by atoms with Gasteiger partial charge >= 0.3 is 0 Å². The molecule has 0 unspecified atom stereocenters. The monoisotopic (exact) mass is 704 g/mol. The molecule has 55 heavy (non-hydrogen) atoms. The lowest BCUT2D eigenvalue weighted by Gasteiger charge is -2.25. The molecule has 262 valence electrons. The van der Waals surface area contributed by atoms with Crippen LogP contribution in [0.2, 0.25) is 0 Å². The molecule has 0 amide bonds. The molecule has 0 spiro atoms. The molecule has 0 fully saturated rings. The van der Waals surface area contributed by atoms with Gasteiger partial charge in [-0.05, 0) is 124 Å². The van der Waals surface area contributed by atoms with Gasteiger partial charge in [-0.3, -0.25) is 0 Å². The van der Waals surface area contributed by atoms with Gasteiger partial charge < -0.3 is 9.80 Å². The van der Waals surface area contributed by atoms with E-state index in [1.165, 1.54) is 44.5 Å². The molecule has 0 atom stereocenters. The van der Waals surface area contributed by atoms with E-state index >= 15 is 0 Å². The average Bonchev–Trinajstić information content (AvgIpc) is 3.62. The second kappa shape index (κ2) is 15.4. The summed E-state index contributed by atoms with van der Waals surface area (Å²) in [5, 5.41) is 0. The van der Waals surface area contributed by atoms with Gasteiger partial charge in [0.2, 0.25) is 0 Å². The van der Waals surface area contributed by atoms with Crippen LogP contribution in [0.4, 0.5) is 34.1 Å². The Morgan fingerprint density at radius 1 is 0.273 bits per heavy atom. The van der Waals surface area contributed by atoms with Gasteiger partial charge in [0, 0.05) is 34.1 Å². The third kappa shape index (κ3) is 7.40. The van der Waals surface area contributed by atoms with E-state index in [0.29, 0.717) is 0 Å². The Morgan fingerprint density at radius 2 is 0.545 bits per heavy atom. The Bertz CT molecular complexity index is 2310. The first-order valence-corrected chi connectivity index (χ1v) is 18.9. The molecule has 0 radical (unpaired) electrons. The molecule has 0 bridgehead atoms. The quantitative estimate of drug-likeness (QED) is 0.131. The molecule has 0 aliphatic heterocycles. The lowest BCUT2D eigenvalue weighted by atomic mass is 10.0. The lowest BCUT2D eigenvalue weighted by molar-refractivity contribution is 1.26. The summed E-state index contributed by atoms with van der Waals surface area (Å²) in [6.07, 6.45) is 9.81. The van der Waals surface area contributed by atoms with E-state index in [-0.39, 0.29) is 0 Å². The van der Waals surface area contributed by atoms with Crippen LogP contribution in [0, 0.1) is 0 Å². The van der Waals surface area contributed by atoms with Crippen LogP contribution in [0.3, 0.4) is 0 Å². The predicted octanol–water partition coefficient (Wildman–Crippen LogP) is 14.5. The van der Waals surface area contributed by atoms with Crippen LogP contribution in [0.15, 0.2) is 206 Å². The van der Waals surface area contributed by atoms with E-state index in [2.05, 4.69) is 240 Å². The molecule has 1 aliphatic carbocycles. The summed E-state index contributed by atoms with van der Waals surface area (Å²) in [5.41, 5.74) is 17.0. The molecule has 0 heterocycles. The molecular weight excluding hydrogens is 665 g/mol. The van der Waals surface area contributed by atoms with Gasteiger partial charge in [-0.25, -0.2) is 0 Å². The predicted molar refractivity (Wildman–Crippen MR) is 235 cm³/mol. The molecule has 8 aromatic rings. The Morgan fingerprint density at radius 3 is 0.873 bits per heavy atom. The summed E-state index contributed by atoms with van der Waals surface area (Å²) in [6.45, 7) is 0. The van der Waals surface area contributed by atoms with Crippen LogP contribution >= 0.6 is 0 Å². The zero-order chi connectivity index (χ0) is 36.8. The van der Waals surface area contributed by atoms with Crippen molar-refractivity contribution in [1.29, 1.82) is 0 Å². The van der Waals surface area contributed by atoms with Crippen LogP contribution in [-0.4, -0.2) is 0 Å². The van der Waals surface area contributed by atoms with Crippen molar-refractivity contribution < 1.29 is 0 Å². The Kier molecular flexibility index (Phi) is 9.45. The Labute approximate surface area is 324 Å². The summed E-state index contributed by atoms with van der Waals surface area (Å²) in [5.74, 6) is 0. The van der Waals surface area contributed by atoms with Crippen molar-refractivity contribution in [2.24, 2.45) is 0 Å². The zero-order valence-electron chi connectivity index (χ0n) is 30.5. The van der Waals surface area contributed by atoms with Gasteiger partial charge in [-0.15, -0.1) is 0 Å². The molecule has 2 nitrogen and oxygen atoms in total. The summed E-state index contributed by atoms with van der Waals surface area (Å²) >= 11 is 0. The van der Waals surface area contributed by atoms with Crippen molar-refractivity contribution in [1.82, 2.24) is 0 Å². The topological polar surface area (TPSA) is 6.48 Å². The second-order valence-electron chi connectivity index (χ2n) is 13.9. The number of benzene rings is 8. The largest absolute Gasteiger partial charge is 0.311 e. The van der Waals surface area contributed by atoms with Crippen molar-refractivity contribution in [2.75, 3.05) is 9.80 Å². The van der Waals surface area contributed by atoms with Gasteiger partial charge in [-0.1, -0.05) is 158 Å². The number of hydrogen-bond donors (Lipinski definition) is 0. The van der Waals surface area contributed by atoms with Crippen molar-refractivity contribution in [2.45, 2.75) is 6.42 Å². The highest BCUT2D eigenvalue weighted by Crippen LogP contribution is 2.39. The van der Waals surface area contributed by atoms with Crippen LogP contribution in [0.1, 0.15) is 33.4 Å². The molecule has 9 rings (SSSR count). The molecule has 0 aromatic heterocycles. The van der Waals surface area contributed by atoms with Crippen LogP contribution < -0.4 is 9.80 Å². The average molecular weight is 705 g/mol. The van der Waals surface area contributed by atoms with Crippen molar-refractivity contribution in [3.63, 3.8) is 0 Å². The fraction of sp³-hybridized carbons (Fsp3) is 0.0189. The van der Waals surface area contributed by atoms with Crippen molar-refractivity contribution >= 4 is 58.4 Å². The number of nitrogens with zero attached hydrogens (tertiary/aromatic N) is 2. The summed E-state index contributed by atoms with van der Waals surface area (Å²) in [4.78, 5) is 4.58. The number of rotatable bonds is 10.